The van der Waals surface area contributed by atoms with Crippen LogP contribution in [0.2, 0.25) is 0 Å². The van der Waals surface area contributed by atoms with E-state index in [-0.39, 0.29) is 11.9 Å². The van der Waals surface area contributed by atoms with E-state index in [1.165, 1.54) is 6.08 Å². The van der Waals surface area contributed by atoms with Crippen LogP contribution >= 0.6 is 0 Å². The van der Waals surface area contributed by atoms with Gasteiger partial charge in [0.05, 0.1) is 17.7 Å². The first-order valence-corrected chi connectivity index (χ1v) is 7.77. The summed E-state index contributed by atoms with van der Waals surface area (Å²) in [4.78, 5) is 14.3. The highest BCUT2D eigenvalue weighted by Crippen LogP contribution is 2.13. The smallest absolute Gasteiger partial charge is 0.244 e. The lowest BCUT2D eigenvalue weighted by Gasteiger charge is -2.22. The molecule has 0 spiro atoms. The molecule has 0 saturated carbocycles. The van der Waals surface area contributed by atoms with E-state index in [9.17, 15) is 4.79 Å². The van der Waals surface area contributed by atoms with E-state index in [0.717, 1.165) is 17.7 Å². The Labute approximate surface area is 143 Å². The van der Waals surface area contributed by atoms with Gasteiger partial charge in [-0.05, 0) is 43.4 Å². The highest BCUT2D eigenvalue weighted by atomic mass is 16.1. The standard InChI is InChI=1S/C20H21N3O/c1-23(2)15-19(18-6-4-3-5-7-18)22-20(24)13-12-16-8-10-17(14-21)11-9-16/h3-13,19H,15H2,1-2H3,(H,22,24)/b13-12+. The van der Waals surface area contributed by atoms with Crippen molar-refractivity contribution in [2.24, 2.45) is 0 Å². The fraction of sp³-hybridized carbons (Fsp3) is 0.200. The number of amides is 1. The Balaban J connectivity index is 2.04. The Morgan fingerprint density at radius 2 is 1.83 bits per heavy atom. The number of hydrogen-bond acceptors (Lipinski definition) is 3. The van der Waals surface area contributed by atoms with Gasteiger partial charge in [-0.2, -0.15) is 5.26 Å². The minimum Gasteiger partial charge on any atom is -0.344 e. The van der Waals surface area contributed by atoms with Gasteiger partial charge in [0.1, 0.15) is 0 Å². The van der Waals surface area contributed by atoms with Gasteiger partial charge in [-0.25, -0.2) is 0 Å². The SMILES string of the molecule is CN(C)CC(NC(=O)/C=C/c1ccc(C#N)cc1)c1ccccc1. The second kappa shape index (κ2) is 8.66. The molecule has 1 amide bonds. The van der Waals surface area contributed by atoms with Gasteiger partial charge in [0.2, 0.25) is 5.91 Å². The fourth-order valence-electron chi connectivity index (χ4n) is 2.35. The summed E-state index contributed by atoms with van der Waals surface area (Å²) in [6.45, 7) is 0.723. The van der Waals surface area contributed by atoms with Crippen molar-refractivity contribution in [2.45, 2.75) is 6.04 Å². The van der Waals surface area contributed by atoms with Gasteiger partial charge in [-0.15, -0.1) is 0 Å². The second-order valence-electron chi connectivity index (χ2n) is 5.80. The first-order chi connectivity index (χ1) is 11.6. The number of rotatable bonds is 6. The zero-order valence-electron chi connectivity index (χ0n) is 13.9. The number of hydrogen-bond donors (Lipinski definition) is 1. The van der Waals surface area contributed by atoms with Crippen molar-refractivity contribution in [3.8, 4) is 6.07 Å². The van der Waals surface area contributed by atoms with Crippen molar-refractivity contribution in [3.05, 3.63) is 77.4 Å². The zero-order chi connectivity index (χ0) is 17.4. The van der Waals surface area contributed by atoms with Crippen LogP contribution in [0.4, 0.5) is 0 Å². The summed E-state index contributed by atoms with van der Waals surface area (Å²) in [7, 11) is 3.96. The van der Waals surface area contributed by atoms with Crippen molar-refractivity contribution in [1.82, 2.24) is 10.2 Å². The molecule has 2 rings (SSSR count). The van der Waals surface area contributed by atoms with Crippen LogP contribution in [0.3, 0.4) is 0 Å². The second-order valence-corrected chi connectivity index (χ2v) is 5.80. The molecule has 1 atom stereocenters. The Morgan fingerprint density at radius 1 is 1.17 bits per heavy atom. The maximum atomic E-state index is 12.2. The minimum atomic E-state index is -0.143. The molecular formula is C20H21N3O. The van der Waals surface area contributed by atoms with Gasteiger partial charge >= 0.3 is 0 Å². The third-order valence-electron chi connectivity index (χ3n) is 3.53. The number of nitrogens with one attached hydrogen (secondary N) is 1. The zero-order valence-corrected chi connectivity index (χ0v) is 13.9. The first kappa shape index (κ1) is 17.5. The molecular weight excluding hydrogens is 298 g/mol. The Bertz CT molecular complexity index is 728. The van der Waals surface area contributed by atoms with Gasteiger partial charge in [-0.3, -0.25) is 4.79 Å². The van der Waals surface area contributed by atoms with Crippen LogP contribution in [0, 0.1) is 11.3 Å². The van der Waals surface area contributed by atoms with Crippen LogP contribution in [0.15, 0.2) is 60.7 Å². The lowest BCUT2D eigenvalue weighted by molar-refractivity contribution is -0.117. The van der Waals surface area contributed by atoms with Gasteiger partial charge in [0.25, 0.3) is 0 Å². The Hall–Kier alpha value is -2.90. The molecule has 0 bridgehead atoms. The summed E-state index contributed by atoms with van der Waals surface area (Å²) >= 11 is 0. The molecule has 0 fully saturated rings. The number of nitrogens with zero attached hydrogens (tertiary/aromatic N) is 2. The summed E-state index contributed by atoms with van der Waals surface area (Å²) in [6.07, 6.45) is 3.27. The molecule has 0 aliphatic rings. The van der Waals surface area contributed by atoms with Gasteiger partial charge < -0.3 is 10.2 Å². The molecule has 0 aromatic heterocycles. The highest BCUT2D eigenvalue weighted by Gasteiger charge is 2.13. The predicted molar refractivity (Wildman–Crippen MR) is 96.1 cm³/mol. The summed E-state index contributed by atoms with van der Waals surface area (Å²) in [6, 6.07) is 19.0. The molecule has 0 aliphatic heterocycles. The average Bonchev–Trinajstić information content (AvgIpc) is 2.60. The van der Waals surface area contributed by atoms with E-state index in [4.69, 9.17) is 5.26 Å². The number of nitriles is 1. The Kier molecular flexibility index (Phi) is 6.30. The van der Waals surface area contributed by atoms with Crippen molar-refractivity contribution in [1.29, 1.82) is 5.26 Å². The van der Waals surface area contributed by atoms with E-state index in [0.29, 0.717) is 5.56 Å². The molecule has 122 valence electrons. The quantitative estimate of drug-likeness (QED) is 0.833. The largest absolute Gasteiger partial charge is 0.344 e. The molecule has 1 unspecified atom stereocenters. The van der Waals surface area contributed by atoms with Crippen LogP contribution in [0.1, 0.15) is 22.7 Å². The summed E-state index contributed by atoms with van der Waals surface area (Å²) in [5, 5.41) is 11.8. The number of carbonyl (C=O) groups excluding carboxylic acids is 1. The van der Waals surface area contributed by atoms with Gasteiger partial charge in [0, 0.05) is 12.6 Å². The van der Waals surface area contributed by atoms with E-state index in [1.54, 1.807) is 18.2 Å². The lowest BCUT2D eigenvalue weighted by atomic mass is 10.1. The maximum Gasteiger partial charge on any atom is 0.244 e. The molecule has 4 nitrogen and oxygen atoms in total. The van der Waals surface area contributed by atoms with Crippen molar-refractivity contribution >= 4 is 12.0 Å². The molecule has 0 aliphatic carbocycles. The summed E-state index contributed by atoms with van der Waals surface area (Å²) in [5.74, 6) is -0.143. The van der Waals surface area contributed by atoms with Crippen LogP contribution in [-0.2, 0) is 4.79 Å². The molecule has 0 radical (unpaired) electrons. The first-order valence-electron chi connectivity index (χ1n) is 7.77. The summed E-state index contributed by atoms with van der Waals surface area (Å²) in [5.41, 5.74) is 2.56. The van der Waals surface area contributed by atoms with Crippen LogP contribution in [0.5, 0.6) is 0 Å². The van der Waals surface area contributed by atoms with E-state index in [1.807, 2.05) is 61.5 Å². The predicted octanol–water partition coefficient (Wildman–Crippen LogP) is 2.99. The maximum absolute atomic E-state index is 12.2. The average molecular weight is 319 g/mol. The normalized spacial score (nSPS) is 12.1. The van der Waals surface area contributed by atoms with Crippen LogP contribution in [0.25, 0.3) is 6.08 Å². The molecule has 0 saturated heterocycles. The van der Waals surface area contributed by atoms with Crippen LogP contribution in [-0.4, -0.2) is 31.4 Å². The van der Waals surface area contributed by atoms with Gasteiger partial charge in [-0.1, -0.05) is 42.5 Å². The van der Waals surface area contributed by atoms with Crippen molar-refractivity contribution in [2.75, 3.05) is 20.6 Å². The third kappa shape index (κ3) is 5.38. The molecule has 0 heterocycles. The highest BCUT2D eigenvalue weighted by molar-refractivity contribution is 5.92. The van der Waals surface area contributed by atoms with Gasteiger partial charge in [0.15, 0.2) is 0 Å². The molecule has 2 aromatic carbocycles. The fourth-order valence-corrected chi connectivity index (χ4v) is 2.35. The number of likely N-dealkylation sites (N-methyl/N-ethyl adjacent to an activating group) is 1. The summed E-state index contributed by atoms with van der Waals surface area (Å²) < 4.78 is 0. The monoisotopic (exact) mass is 319 g/mol. The lowest BCUT2D eigenvalue weighted by Crippen LogP contribution is -2.34. The molecule has 2 aromatic rings. The number of carbonyl (C=O) groups is 1. The molecule has 1 N–H and O–H groups in total. The molecule has 24 heavy (non-hydrogen) atoms. The topological polar surface area (TPSA) is 56.1 Å². The van der Waals surface area contributed by atoms with E-state index in [2.05, 4.69) is 11.4 Å². The number of benzene rings is 2. The van der Waals surface area contributed by atoms with Crippen molar-refractivity contribution < 1.29 is 4.79 Å². The van der Waals surface area contributed by atoms with Crippen molar-refractivity contribution in [3.63, 3.8) is 0 Å². The van der Waals surface area contributed by atoms with E-state index < -0.39 is 0 Å². The van der Waals surface area contributed by atoms with E-state index >= 15 is 0 Å². The van der Waals surface area contributed by atoms with Crippen LogP contribution < -0.4 is 5.32 Å². The molecule has 4 heteroatoms. The third-order valence-corrected chi connectivity index (χ3v) is 3.53. The Morgan fingerprint density at radius 3 is 2.42 bits per heavy atom. The minimum absolute atomic E-state index is 0.0701.